The smallest absolute Gasteiger partial charge is 0.243 e. The standard InChI is InChI=1S/C12H18N2O3/c1-9(10-4-2-3-5-11(10)15)14-6-7-17-8-12(13)16/h2-5,9,14-15H,6-8H2,1H3,(H2,13,16). The molecule has 0 fully saturated rings. The van der Waals surface area contributed by atoms with E-state index in [4.69, 9.17) is 10.5 Å². The van der Waals surface area contributed by atoms with Gasteiger partial charge in [0.25, 0.3) is 0 Å². The van der Waals surface area contributed by atoms with Gasteiger partial charge in [-0.25, -0.2) is 0 Å². The van der Waals surface area contributed by atoms with Gasteiger partial charge in [0.1, 0.15) is 12.4 Å². The Morgan fingerprint density at radius 2 is 2.24 bits per heavy atom. The van der Waals surface area contributed by atoms with Gasteiger partial charge in [-0.3, -0.25) is 4.79 Å². The zero-order valence-corrected chi connectivity index (χ0v) is 9.85. The predicted molar refractivity (Wildman–Crippen MR) is 64.5 cm³/mol. The Bertz CT molecular complexity index is 369. The van der Waals surface area contributed by atoms with Crippen molar-refractivity contribution in [2.75, 3.05) is 19.8 Å². The molecule has 4 N–H and O–H groups in total. The molecule has 0 saturated heterocycles. The molecule has 0 aliphatic heterocycles. The number of para-hydroxylation sites is 1. The van der Waals surface area contributed by atoms with E-state index in [1.807, 2.05) is 19.1 Å². The molecule has 1 atom stereocenters. The summed E-state index contributed by atoms with van der Waals surface area (Å²) in [5, 5.41) is 12.8. The molecule has 0 aliphatic rings. The van der Waals surface area contributed by atoms with E-state index in [0.29, 0.717) is 13.2 Å². The van der Waals surface area contributed by atoms with E-state index in [-0.39, 0.29) is 18.4 Å². The largest absolute Gasteiger partial charge is 0.508 e. The highest BCUT2D eigenvalue weighted by molar-refractivity contribution is 5.74. The first kappa shape index (κ1) is 13.5. The summed E-state index contributed by atoms with van der Waals surface area (Å²) in [6.45, 7) is 2.87. The average molecular weight is 238 g/mol. The Balaban J connectivity index is 2.28. The number of nitrogens with two attached hydrogens (primary N) is 1. The van der Waals surface area contributed by atoms with Crippen LogP contribution in [0.5, 0.6) is 5.75 Å². The number of phenolic OH excluding ortho intramolecular Hbond substituents is 1. The minimum atomic E-state index is -0.473. The van der Waals surface area contributed by atoms with E-state index >= 15 is 0 Å². The van der Waals surface area contributed by atoms with Crippen LogP contribution in [0.25, 0.3) is 0 Å². The third-order valence-corrected chi connectivity index (χ3v) is 2.34. The molecule has 0 heterocycles. The minimum absolute atomic E-state index is 0.0216. The lowest BCUT2D eigenvalue weighted by atomic mass is 10.1. The Kier molecular flexibility index (Phi) is 5.45. The maximum absolute atomic E-state index is 10.4. The van der Waals surface area contributed by atoms with E-state index in [9.17, 15) is 9.90 Å². The molecule has 1 rings (SSSR count). The van der Waals surface area contributed by atoms with Crippen LogP contribution in [0.2, 0.25) is 0 Å². The van der Waals surface area contributed by atoms with Gasteiger partial charge in [-0.15, -0.1) is 0 Å². The number of carbonyl (C=O) groups is 1. The molecular weight excluding hydrogens is 220 g/mol. The van der Waals surface area contributed by atoms with E-state index in [2.05, 4.69) is 5.32 Å². The first-order valence-electron chi connectivity index (χ1n) is 5.48. The molecule has 0 bridgehead atoms. The fourth-order valence-electron chi connectivity index (χ4n) is 1.48. The number of primary amides is 1. The van der Waals surface area contributed by atoms with Gasteiger partial charge >= 0.3 is 0 Å². The highest BCUT2D eigenvalue weighted by atomic mass is 16.5. The van der Waals surface area contributed by atoms with Crippen molar-refractivity contribution < 1.29 is 14.6 Å². The molecule has 5 heteroatoms. The van der Waals surface area contributed by atoms with Crippen molar-refractivity contribution >= 4 is 5.91 Å². The van der Waals surface area contributed by atoms with Crippen molar-refractivity contribution in [3.63, 3.8) is 0 Å². The van der Waals surface area contributed by atoms with Crippen molar-refractivity contribution in [3.8, 4) is 5.75 Å². The van der Waals surface area contributed by atoms with Gasteiger partial charge in [0.05, 0.1) is 6.61 Å². The topological polar surface area (TPSA) is 84.6 Å². The lowest BCUT2D eigenvalue weighted by Crippen LogP contribution is -2.26. The number of phenols is 1. The molecule has 0 aromatic heterocycles. The van der Waals surface area contributed by atoms with Gasteiger partial charge < -0.3 is 20.9 Å². The summed E-state index contributed by atoms with van der Waals surface area (Å²) in [7, 11) is 0. The summed E-state index contributed by atoms with van der Waals surface area (Å²) in [6.07, 6.45) is 0. The van der Waals surface area contributed by atoms with Gasteiger partial charge in [-0.2, -0.15) is 0 Å². The molecule has 0 spiro atoms. The van der Waals surface area contributed by atoms with Crippen LogP contribution in [0.15, 0.2) is 24.3 Å². The number of amides is 1. The summed E-state index contributed by atoms with van der Waals surface area (Å²) in [5.41, 5.74) is 5.76. The predicted octanol–water partition coefficient (Wildman–Crippen LogP) is 0.545. The summed E-state index contributed by atoms with van der Waals surface area (Å²) in [5.74, 6) is -0.204. The average Bonchev–Trinajstić information content (AvgIpc) is 2.28. The number of ether oxygens (including phenoxy) is 1. The summed E-state index contributed by atoms with van der Waals surface area (Å²) in [6, 6.07) is 7.18. The maximum Gasteiger partial charge on any atom is 0.243 e. The van der Waals surface area contributed by atoms with Gasteiger partial charge in [-0.05, 0) is 13.0 Å². The van der Waals surface area contributed by atoms with Crippen LogP contribution in [0.3, 0.4) is 0 Å². The Labute approximate surface area is 101 Å². The van der Waals surface area contributed by atoms with Gasteiger partial charge in [0, 0.05) is 18.2 Å². The van der Waals surface area contributed by atoms with Crippen LogP contribution < -0.4 is 11.1 Å². The second-order valence-corrected chi connectivity index (χ2v) is 3.75. The number of aromatic hydroxyl groups is 1. The highest BCUT2D eigenvalue weighted by Crippen LogP contribution is 2.22. The number of rotatable bonds is 7. The molecule has 1 aromatic rings. The van der Waals surface area contributed by atoms with Crippen LogP contribution in [0.4, 0.5) is 0 Å². The second-order valence-electron chi connectivity index (χ2n) is 3.75. The summed E-state index contributed by atoms with van der Waals surface area (Å²) < 4.78 is 5.01. The van der Waals surface area contributed by atoms with Crippen molar-refractivity contribution in [1.82, 2.24) is 5.32 Å². The van der Waals surface area contributed by atoms with Crippen LogP contribution in [0, 0.1) is 0 Å². The van der Waals surface area contributed by atoms with E-state index in [0.717, 1.165) is 5.56 Å². The van der Waals surface area contributed by atoms with E-state index in [1.54, 1.807) is 12.1 Å². The first-order valence-corrected chi connectivity index (χ1v) is 5.48. The molecule has 1 aromatic carbocycles. The van der Waals surface area contributed by atoms with E-state index < -0.39 is 5.91 Å². The minimum Gasteiger partial charge on any atom is -0.508 e. The lowest BCUT2D eigenvalue weighted by molar-refractivity contribution is -0.122. The quantitative estimate of drug-likeness (QED) is 0.605. The number of hydrogen-bond donors (Lipinski definition) is 3. The molecule has 0 aliphatic carbocycles. The molecule has 1 amide bonds. The number of hydrogen-bond acceptors (Lipinski definition) is 4. The number of benzene rings is 1. The first-order chi connectivity index (χ1) is 8.11. The van der Waals surface area contributed by atoms with E-state index in [1.165, 1.54) is 0 Å². The lowest BCUT2D eigenvalue weighted by Gasteiger charge is -2.15. The Hall–Kier alpha value is -1.59. The maximum atomic E-state index is 10.4. The van der Waals surface area contributed by atoms with Crippen LogP contribution in [-0.2, 0) is 9.53 Å². The highest BCUT2D eigenvalue weighted by Gasteiger charge is 2.08. The van der Waals surface area contributed by atoms with Crippen molar-refractivity contribution in [2.45, 2.75) is 13.0 Å². The monoisotopic (exact) mass is 238 g/mol. The molecule has 5 nitrogen and oxygen atoms in total. The Morgan fingerprint density at radius 3 is 2.88 bits per heavy atom. The van der Waals surface area contributed by atoms with Gasteiger partial charge in [0.2, 0.25) is 5.91 Å². The van der Waals surface area contributed by atoms with Gasteiger partial charge in [-0.1, -0.05) is 18.2 Å². The zero-order valence-electron chi connectivity index (χ0n) is 9.85. The molecule has 0 saturated carbocycles. The number of nitrogens with one attached hydrogen (secondary N) is 1. The molecular formula is C12H18N2O3. The third kappa shape index (κ3) is 4.84. The second kappa shape index (κ2) is 6.88. The normalized spacial score (nSPS) is 12.3. The summed E-state index contributed by atoms with van der Waals surface area (Å²) in [4.78, 5) is 10.4. The molecule has 17 heavy (non-hydrogen) atoms. The van der Waals surface area contributed by atoms with Gasteiger partial charge in [0.15, 0.2) is 0 Å². The van der Waals surface area contributed by atoms with Crippen LogP contribution >= 0.6 is 0 Å². The third-order valence-electron chi connectivity index (χ3n) is 2.34. The number of carbonyl (C=O) groups excluding carboxylic acids is 1. The zero-order chi connectivity index (χ0) is 12.7. The fourth-order valence-corrected chi connectivity index (χ4v) is 1.48. The molecule has 0 radical (unpaired) electrons. The van der Waals surface area contributed by atoms with Crippen LogP contribution in [-0.4, -0.2) is 30.8 Å². The van der Waals surface area contributed by atoms with Crippen molar-refractivity contribution in [3.05, 3.63) is 29.8 Å². The Morgan fingerprint density at radius 1 is 1.53 bits per heavy atom. The summed E-state index contributed by atoms with van der Waals surface area (Å²) >= 11 is 0. The van der Waals surface area contributed by atoms with Crippen molar-refractivity contribution in [1.29, 1.82) is 0 Å². The van der Waals surface area contributed by atoms with Crippen LogP contribution in [0.1, 0.15) is 18.5 Å². The fraction of sp³-hybridized carbons (Fsp3) is 0.417. The molecule has 1 unspecified atom stereocenters. The SMILES string of the molecule is CC(NCCOCC(N)=O)c1ccccc1O. The molecule has 94 valence electrons. The van der Waals surface area contributed by atoms with Crippen molar-refractivity contribution in [2.24, 2.45) is 5.73 Å².